The Labute approximate surface area is 103 Å². The number of nitrogens with one attached hydrogen (secondary N) is 2. The first-order valence-electron chi connectivity index (χ1n) is 5.59. The molecule has 0 aliphatic carbocycles. The van der Waals surface area contributed by atoms with Crippen LogP contribution in [0.15, 0.2) is 24.3 Å². The van der Waals surface area contributed by atoms with Crippen molar-refractivity contribution in [2.24, 2.45) is 0 Å². The molecule has 0 bridgehead atoms. The van der Waals surface area contributed by atoms with E-state index >= 15 is 0 Å². The maximum atomic E-state index is 5.27. The molecule has 0 unspecified atom stereocenters. The van der Waals surface area contributed by atoms with Crippen LogP contribution < -0.4 is 10.6 Å². The predicted molar refractivity (Wildman–Crippen MR) is 74.9 cm³/mol. The van der Waals surface area contributed by atoms with Crippen LogP contribution in [0, 0.1) is 6.92 Å². The molecule has 88 valence electrons. The molecule has 1 rings (SSSR count). The first-order valence-corrected chi connectivity index (χ1v) is 5.99. The third kappa shape index (κ3) is 4.19. The number of thiocarbonyl (C=S) groups is 1. The molecule has 0 heterocycles. The zero-order chi connectivity index (χ0) is 12.2. The van der Waals surface area contributed by atoms with Gasteiger partial charge in [0, 0.05) is 11.2 Å². The Hall–Kier alpha value is -1.09. The molecule has 1 aromatic carbocycles. The van der Waals surface area contributed by atoms with Crippen LogP contribution in [0.25, 0.3) is 0 Å². The largest absolute Gasteiger partial charge is 0.358 e. The maximum absolute atomic E-state index is 5.27. The monoisotopic (exact) mass is 236 g/mol. The Morgan fingerprint density at radius 2 is 2.06 bits per heavy atom. The van der Waals surface area contributed by atoms with Gasteiger partial charge in [-0.15, -0.1) is 0 Å². The summed E-state index contributed by atoms with van der Waals surface area (Å²) in [5.41, 5.74) is 2.29. The fourth-order valence-corrected chi connectivity index (χ4v) is 1.68. The van der Waals surface area contributed by atoms with Crippen molar-refractivity contribution in [1.82, 2.24) is 5.32 Å². The SMILES string of the molecule is CCC(C)(C)NC(=S)Nc1cccc(C)c1. The second kappa shape index (κ2) is 5.30. The number of rotatable bonds is 3. The fourth-order valence-electron chi connectivity index (χ4n) is 1.28. The lowest BCUT2D eigenvalue weighted by atomic mass is 10.0. The van der Waals surface area contributed by atoms with E-state index in [2.05, 4.69) is 50.5 Å². The van der Waals surface area contributed by atoms with Crippen molar-refractivity contribution in [3.05, 3.63) is 29.8 Å². The molecular weight excluding hydrogens is 216 g/mol. The first kappa shape index (κ1) is 13.0. The Kier molecular flexibility index (Phi) is 4.30. The van der Waals surface area contributed by atoms with E-state index in [9.17, 15) is 0 Å². The highest BCUT2D eigenvalue weighted by Gasteiger charge is 2.15. The zero-order valence-electron chi connectivity index (χ0n) is 10.4. The van der Waals surface area contributed by atoms with Crippen LogP contribution in [0.5, 0.6) is 0 Å². The minimum absolute atomic E-state index is 0.0356. The molecule has 16 heavy (non-hydrogen) atoms. The Bertz CT molecular complexity index is 372. The quantitative estimate of drug-likeness (QED) is 0.786. The second-order valence-electron chi connectivity index (χ2n) is 4.69. The first-order chi connectivity index (χ1) is 7.43. The molecule has 0 amide bonds. The van der Waals surface area contributed by atoms with Crippen LogP contribution in [-0.2, 0) is 0 Å². The summed E-state index contributed by atoms with van der Waals surface area (Å²) in [5.74, 6) is 0. The van der Waals surface area contributed by atoms with E-state index < -0.39 is 0 Å². The van der Waals surface area contributed by atoms with Crippen molar-refractivity contribution >= 4 is 23.0 Å². The van der Waals surface area contributed by atoms with Gasteiger partial charge in [0.1, 0.15) is 0 Å². The van der Waals surface area contributed by atoms with Gasteiger partial charge in [-0.2, -0.15) is 0 Å². The standard InChI is InChI=1S/C13H20N2S/c1-5-13(3,4)15-12(16)14-11-8-6-7-10(2)9-11/h6-9H,5H2,1-4H3,(H2,14,15,16). The molecular formula is C13H20N2S. The lowest BCUT2D eigenvalue weighted by molar-refractivity contribution is 0.448. The molecule has 0 spiro atoms. The predicted octanol–water partition coefficient (Wildman–Crippen LogP) is 3.47. The maximum Gasteiger partial charge on any atom is 0.171 e. The topological polar surface area (TPSA) is 24.1 Å². The van der Waals surface area contributed by atoms with E-state index in [4.69, 9.17) is 12.2 Å². The van der Waals surface area contributed by atoms with Gasteiger partial charge in [-0.3, -0.25) is 0 Å². The van der Waals surface area contributed by atoms with Crippen LogP contribution in [0.1, 0.15) is 32.8 Å². The summed E-state index contributed by atoms with van der Waals surface area (Å²) in [6, 6.07) is 8.18. The summed E-state index contributed by atoms with van der Waals surface area (Å²) in [6.07, 6.45) is 1.03. The summed E-state index contributed by atoms with van der Waals surface area (Å²) in [6.45, 7) is 8.48. The molecule has 0 atom stereocenters. The number of hydrogen-bond acceptors (Lipinski definition) is 1. The van der Waals surface area contributed by atoms with Crippen LogP contribution >= 0.6 is 12.2 Å². The summed E-state index contributed by atoms with van der Waals surface area (Å²) in [4.78, 5) is 0. The summed E-state index contributed by atoms with van der Waals surface area (Å²) in [5, 5.41) is 7.17. The van der Waals surface area contributed by atoms with E-state index in [1.807, 2.05) is 12.1 Å². The van der Waals surface area contributed by atoms with E-state index in [1.54, 1.807) is 0 Å². The van der Waals surface area contributed by atoms with Crippen molar-refractivity contribution < 1.29 is 0 Å². The molecule has 0 saturated carbocycles. The second-order valence-corrected chi connectivity index (χ2v) is 5.09. The van der Waals surface area contributed by atoms with Gasteiger partial charge in [-0.05, 0) is 57.1 Å². The van der Waals surface area contributed by atoms with E-state index in [-0.39, 0.29) is 5.54 Å². The van der Waals surface area contributed by atoms with Crippen LogP contribution in [-0.4, -0.2) is 10.7 Å². The third-order valence-corrected chi connectivity index (χ3v) is 2.82. The molecule has 0 radical (unpaired) electrons. The minimum atomic E-state index is 0.0356. The van der Waals surface area contributed by atoms with Gasteiger partial charge in [0.25, 0.3) is 0 Å². The molecule has 1 aromatic rings. The molecule has 2 nitrogen and oxygen atoms in total. The lowest BCUT2D eigenvalue weighted by Gasteiger charge is -2.26. The normalized spacial score (nSPS) is 11.0. The molecule has 0 aromatic heterocycles. The number of benzene rings is 1. The third-order valence-electron chi connectivity index (χ3n) is 2.61. The average Bonchev–Trinajstić information content (AvgIpc) is 2.16. The van der Waals surface area contributed by atoms with Gasteiger partial charge >= 0.3 is 0 Å². The van der Waals surface area contributed by atoms with Gasteiger partial charge in [-0.25, -0.2) is 0 Å². The molecule has 0 saturated heterocycles. The van der Waals surface area contributed by atoms with Gasteiger partial charge < -0.3 is 10.6 Å². The van der Waals surface area contributed by atoms with Crippen molar-refractivity contribution in [3.63, 3.8) is 0 Å². The molecule has 2 N–H and O–H groups in total. The van der Waals surface area contributed by atoms with Crippen molar-refractivity contribution in [2.75, 3.05) is 5.32 Å². The van der Waals surface area contributed by atoms with Gasteiger partial charge in [0.15, 0.2) is 5.11 Å². The van der Waals surface area contributed by atoms with E-state index in [0.29, 0.717) is 5.11 Å². The van der Waals surface area contributed by atoms with Crippen molar-refractivity contribution in [2.45, 2.75) is 39.7 Å². The van der Waals surface area contributed by atoms with Crippen LogP contribution in [0.2, 0.25) is 0 Å². The molecule has 0 fully saturated rings. The van der Waals surface area contributed by atoms with Crippen molar-refractivity contribution in [1.29, 1.82) is 0 Å². The van der Waals surface area contributed by atoms with Crippen LogP contribution in [0.4, 0.5) is 5.69 Å². The Balaban J connectivity index is 2.59. The Morgan fingerprint density at radius 3 is 2.62 bits per heavy atom. The number of hydrogen-bond donors (Lipinski definition) is 2. The lowest BCUT2D eigenvalue weighted by Crippen LogP contribution is -2.44. The summed E-state index contributed by atoms with van der Waals surface area (Å²) in [7, 11) is 0. The van der Waals surface area contributed by atoms with Gasteiger partial charge in [0.2, 0.25) is 0 Å². The van der Waals surface area contributed by atoms with Crippen LogP contribution in [0.3, 0.4) is 0 Å². The van der Waals surface area contributed by atoms with E-state index in [1.165, 1.54) is 5.56 Å². The number of aryl methyl sites for hydroxylation is 1. The zero-order valence-corrected chi connectivity index (χ0v) is 11.2. The summed E-state index contributed by atoms with van der Waals surface area (Å²) >= 11 is 5.27. The smallest absolute Gasteiger partial charge is 0.171 e. The molecule has 0 aliphatic rings. The Morgan fingerprint density at radius 1 is 1.38 bits per heavy atom. The molecule has 0 aliphatic heterocycles. The average molecular weight is 236 g/mol. The summed E-state index contributed by atoms with van der Waals surface area (Å²) < 4.78 is 0. The highest BCUT2D eigenvalue weighted by molar-refractivity contribution is 7.80. The number of anilines is 1. The van der Waals surface area contributed by atoms with Gasteiger partial charge in [-0.1, -0.05) is 19.1 Å². The van der Waals surface area contributed by atoms with Gasteiger partial charge in [0.05, 0.1) is 0 Å². The highest BCUT2D eigenvalue weighted by atomic mass is 32.1. The minimum Gasteiger partial charge on any atom is -0.358 e. The highest BCUT2D eigenvalue weighted by Crippen LogP contribution is 2.11. The molecule has 3 heteroatoms. The van der Waals surface area contributed by atoms with Crippen molar-refractivity contribution in [3.8, 4) is 0 Å². The fraction of sp³-hybridized carbons (Fsp3) is 0.462. The van der Waals surface area contributed by atoms with E-state index in [0.717, 1.165) is 12.1 Å².